The topological polar surface area (TPSA) is 36.7 Å². The van der Waals surface area contributed by atoms with Gasteiger partial charge in [0, 0.05) is 12.4 Å². The van der Waals surface area contributed by atoms with Crippen LogP contribution in [0.15, 0.2) is 48.8 Å². The fraction of sp³-hybridized carbons (Fsp3) is 0.222. The molecule has 0 aliphatic heterocycles. The Morgan fingerprint density at radius 3 is 2.29 bits per heavy atom. The van der Waals surface area contributed by atoms with E-state index in [0.29, 0.717) is 10.6 Å². The summed E-state index contributed by atoms with van der Waals surface area (Å²) in [4.78, 5) is 3.98. The fourth-order valence-electron chi connectivity index (χ4n) is 2.22. The molecule has 0 atom stereocenters. The number of halogens is 1. The van der Waals surface area contributed by atoms with Crippen LogP contribution in [0.2, 0.25) is 0 Å². The van der Waals surface area contributed by atoms with Gasteiger partial charge in [0.05, 0.1) is 10.6 Å². The number of benzene rings is 1. The van der Waals surface area contributed by atoms with Crippen LogP contribution in [0, 0.1) is 11.3 Å². The van der Waals surface area contributed by atoms with Crippen LogP contribution in [0.3, 0.4) is 0 Å². The van der Waals surface area contributed by atoms with Crippen molar-refractivity contribution in [2.75, 3.05) is 0 Å². The lowest BCUT2D eigenvalue weighted by Crippen LogP contribution is -2.13. The van der Waals surface area contributed by atoms with Gasteiger partial charge < -0.3 is 0 Å². The molecule has 0 unspecified atom stereocenters. The minimum Gasteiger partial charge on any atom is -0.265 e. The van der Waals surface area contributed by atoms with E-state index in [1.807, 2.05) is 18.2 Å². The van der Waals surface area contributed by atoms with Gasteiger partial charge in [0.2, 0.25) is 0 Å². The molecule has 1 aromatic heterocycles. The van der Waals surface area contributed by atoms with Crippen LogP contribution in [0.4, 0.5) is 0 Å². The minimum atomic E-state index is -0.0461. The summed E-state index contributed by atoms with van der Waals surface area (Å²) in [5, 5.41) is 9.97. The second-order valence-electron chi connectivity index (χ2n) is 5.83. The summed E-state index contributed by atoms with van der Waals surface area (Å²) in [6, 6.07) is 13.7. The molecule has 0 fully saturated rings. The van der Waals surface area contributed by atoms with Crippen molar-refractivity contribution in [2.45, 2.75) is 26.2 Å². The van der Waals surface area contributed by atoms with Crippen LogP contribution < -0.4 is 0 Å². The molecule has 0 radical (unpaired) electrons. The molecule has 1 heterocycles. The van der Waals surface area contributed by atoms with Gasteiger partial charge in [-0.15, -0.1) is 0 Å². The molecule has 0 aliphatic carbocycles. The Kier molecular flexibility index (Phi) is 4.45. The molecular weight excluding hydrogens is 280 g/mol. The maximum atomic E-state index is 9.49. The summed E-state index contributed by atoms with van der Waals surface area (Å²) in [5.41, 5.74) is 3.23. The average molecular weight is 297 g/mol. The number of pyridine rings is 1. The molecule has 0 saturated carbocycles. The summed E-state index contributed by atoms with van der Waals surface area (Å²) < 4.78 is 0. The van der Waals surface area contributed by atoms with Crippen LogP contribution in [0.1, 0.15) is 37.5 Å². The van der Waals surface area contributed by atoms with Gasteiger partial charge in [0.1, 0.15) is 6.07 Å². The zero-order chi connectivity index (χ0) is 15.5. The van der Waals surface area contributed by atoms with Crippen LogP contribution >= 0.6 is 11.6 Å². The van der Waals surface area contributed by atoms with E-state index >= 15 is 0 Å². The monoisotopic (exact) mass is 296 g/mol. The molecule has 2 nitrogen and oxygen atoms in total. The highest BCUT2D eigenvalue weighted by Crippen LogP contribution is 2.35. The summed E-state index contributed by atoms with van der Waals surface area (Å²) in [6.07, 6.45) is 3.32. The van der Waals surface area contributed by atoms with Gasteiger partial charge in [-0.25, -0.2) is 0 Å². The van der Waals surface area contributed by atoms with E-state index in [-0.39, 0.29) is 5.41 Å². The molecular formula is C18H17ClN2. The largest absolute Gasteiger partial charge is 0.265 e. The van der Waals surface area contributed by atoms with E-state index < -0.39 is 0 Å². The Hall–Kier alpha value is -2.11. The second-order valence-corrected chi connectivity index (χ2v) is 6.21. The van der Waals surface area contributed by atoms with Crippen molar-refractivity contribution >= 4 is 22.2 Å². The highest BCUT2D eigenvalue weighted by atomic mass is 35.5. The molecule has 3 heteroatoms. The Bertz CT molecular complexity index is 704. The van der Waals surface area contributed by atoms with Crippen LogP contribution in [-0.4, -0.2) is 4.98 Å². The van der Waals surface area contributed by atoms with Crippen molar-refractivity contribution < 1.29 is 0 Å². The third-order valence-corrected chi connectivity index (χ3v) is 3.66. The summed E-state index contributed by atoms with van der Waals surface area (Å²) in [6.45, 7) is 6.40. The molecule has 0 bridgehead atoms. The summed E-state index contributed by atoms with van der Waals surface area (Å²) in [7, 11) is 0. The molecule has 0 N–H and O–H groups in total. The van der Waals surface area contributed by atoms with Crippen molar-refractivity contribution in [1.29, 1.82) is 5.26 Å². The Morgan fingerprint density at radius 1 is 1.10 bits per heavy atom. The summed E-state index contributed by atoms with van der Waals surface area (Å²) in [5.74, 6) is 0. The molecule has 106 valence electrons. The van der Waals surface area contributed by atoms with Gasteiger partial charge in [-0.2, -0.15) is 5.26 Å². The number of rotatable bonds is 2. The third-order valence-electron chi connectivity index (χ3n) is 3.27. The smallest absolute Gasteiger partial charge is 0.101 e. The first kappa shape index (κ1) is 15.3. The molecule has 21 heavy (non-hydrogen) atoms. The van der Waals surface area contributed by atoms with E-state index in [4.69, 9.17) is 11.6 Å². The molecule has 0 saturated heterocycles. The number of hydrogen-bond acceptors (Lipinski definition) is 2. The van der Waals surface area contributed by atoms with E-state index in [2.05, 4.69) is 37.9 Å². The lowest BCUT2D eigenvalue weighted by Gasteiger charge is -2.23. The standard InChI is InChI=1S/C18H17ClN2/c1-18(2,3)16-7-5-4-6-14(16)17(19)15(12-20)13-8-10-21-11-9-13/h4-11H,1-3H3/b17-15+. The van der Waals surface area contributed by atoms with E-state index in [1.165, 1.54) is 0 Å². The third kappa shape index (κ3) is 3.32. The maximum Gasteiger partial charge on any atom is 0.101 e. The molecule has 0 amide bonds. The number of allylic oxidation sites excluding steroid dienone is 1. The predicted octanol–water partition coefficient (Wildman–Crippen LogP) is 5.01. The summed E-state index contributed by atoms with van der Waals surface area (Å²) >= 11 is 6.55. The molecule has 1 aromatic carbocycles. The SMILES string of the molecule is CC(C)(C)c1ccccc1/C(Cl)=C(/C#N)c1ccncc1. The van der Waals surface area contributed by atoms with Gasteiger partial charge in [0.15, 0.2) is 0 Å². The second kappa shape index (κ2) is 6.11. The zero-order valence-corrected chi connectivity index (χ0v) is 13.1. The predicted molar refractivity (Wildman–Crippen MR) is 87.7 cm³/mol. The van der Waals surface area contributed by atoms with Crippen molar-refractivity contribution in [2.24, 2.45) is 0 Å². The number of hydrogen-bond donors (Lipinski definition) is 0. The van der Waals surface area contributed by atoms with Gasteiger partial charge in [0.25, 0.3) is 0 Å². The molecule has 0 aliphatic rings. The Balaban J connectivity index is 2.66. The van der Waals surface area contributed by atoms with Crippen LogP contribution in [-0.2, 0) is 5.41 Å². The normalized spacial score (nSPS) is 12.5. The van der Waals surface area contributed by atoms with Crippen molar-refractivity contribution in [3.05, 3.63) is 65.5 Å². The van der Waals surface area contributed by atoms with E-state index in [1.54, 1.807) is 24.5 Å². The number of nitriles is 1. The van der Waals surface area contributed by atoms with Crippen molar-refractivity contribution in [3.8, 4) is 6.07 Å². The zero-order valence-electron chi connectivity index (χ0n) is 12.4. The quantitative estimate of drug-likeness (QED) is 0.730. The Morgan fingerprint density at radius 2 is 1.71 bits per heavy atom. The maximum absolute atomic E-state index is 9.49. The van der Waals surface area contributed by atoms with Gasteiger partial charge in [-0.05, 0) is 34.2 Å². The van der Waals surface area contributed by atoms with E-state index in [0.717, 1.165) is 16.7 Å². The first-order chi connectivity index (χ1) is 9.95. The van der Waals surface area contributed by atoms with E-state index in [9.17, 15) is 5.26 Å². The van der Waals surface area contributed by atoms with Gasteiger partial charge in [-0.1, -0.05) is 56.6 Å². The lowest BCUT2D eigenvalue weighted by molar-refractivity contribution is 0.589. The van der Waals surface area contributed by atoms with Gasteiger partial charge >= 0.3 is 0 Å². The molecule has 2 aromatic rings. The highest BCUT2D eigenvalue weighted by Gasteiger charge is 2.20. The van der Waals surface area contributed by atoms with Crippen molar-refractivity contribution in [1.82, 2.24) is 4.98 Å². The average Bonchev–Trinajstić information content (AvgIpc) is 2.48. The van der Waals surface area contributed by atoms with Crippen LogP contribution in [0.5, 0.6) is 0 Å². The Labute approximate surface area is 130 Å². The highest BCUT2D eigenvalue weighted by molar-refractivity contribution is 6.53. The first-order valence-electron chi connectivity index (χ1n) is 6.75. The minimum absolute atomic E-state index is 0.0461. The van der Waals surface area contributed by atoms with Gasteiger partial charge in [-0.3, -0.25) is 4.98 Å². The van der Waals surface area contributed by atoms with Crippen LogP contribution in [0.25, 0.3) is 10.6 Å². The van der Waals surface area contributed by atoms with Crippen molar-refractivity contribution in [3.63, 3.8) is 0 Å². The first-order valence-corrected chi connectivity index (χ1v) is 7.13. The number of aromatic nitrogens is 1. The fourth-order valence-corrected chi connectivity index (χ4v) is 2.54. The molecule has 0 spiro atoms. The lowest BCUT2D eigenvalue weighted by atomic mass is 9.83. The molecule has 2 rings (SSSR count). The number of nitrogens with zero attached hydrogens (tertiary/aromatic N) is 2.